The molecular weight excluding hydrogens is 666 g/mol. The van der Waals surface area contributed by atoms with Crippen LogP contribution in [-0.4, -0.2) is 70.2 Å². The molecule has 1 aliphatic rings. The Labute approximate surface area is 298 Å². The van der Waals surface area contributed by atoms with Crippen LogP contribution in [0, 0.1) is 0 Å². The van der Waals surface area contributed by atoms with Gasteiger partial charge in [0.2, 0.25) is 5.95 Å². The summed E-state index contributed by atoms with van der Waals surface area (Å²) in [5, 5.41) is 13.9. The van der Waals surface area contributed by atoms with Crippen molar-refractivity contribution in [1.29, 1.82) is 0 Å². The molecule has 0 aliphatic carbocycles. The molecule has 0 unspecified atom stereocenters. The van der Waals surface area contributed by atoms with Gasteiger partial charge in [0.05, 0.1) is 33.3 Å². The molecule has 3 atom stereocenters. The van der Waals surface area contributed by atoms with E-state index in [1.54, 1.807) is 43.1 Å². The number of hydrogen-bond donors (Lipinski definition) is 3. The number of aromatic amines is 1. The first-order valence-corrected chi connectivity index (χ1v) is 16.6. The fourth-order valence-corrected chi connectivity index (χ4v) is 6.35. The summed E-state index contributed by atoms with van der Waals surface area (Å²) in [5.74, 6) is 1.32. The van der Waals surface area contributed by atoms with Crippen molar-refractivity contribution in [2.75, 3.05) is 32.8 Å². The molecule has 52 heavy (non-hydrogen) atoms. The number of amides is 1. The van der Waals surface area contributed by atoms with Crippen LogP contribution in [0.25, 0.3) is 11.2 Å². The molecule has 13 nitrogen and oxygen atoms in total. The molecule has 2 aromatic heterocycles. The van der Waals surface area contributed by atoms with E-state index in [4.69, 9.17) is 23.7 Å². The number of hydrogen-bond acceptors (Lipinski definition) is 10. The number of imidazole rings is 1. The number of nitrogens with one attached hydrogen (secondary N) is 2. The highest BCUT2D eigenvalue weighted by molar-refractivity contribution is 5.90. The van der Waals surface area contributed by atoms with Gasteiger partial charge in [-0.05, 0) is 53.1 Å². The van der Waals surface area contributed by atoms with Gasteiger partial charge in [-0.25, -0.2) is 4.98 Å². The number of benzene rings is 4. The van der Waals surface area contributed by atoms with Crippen molar-refractivity contribution >= 4 is 23.0 Å². The third-order valence-corrected chi connectivity index (χ3v) is 8.96. The van der Waals surface area contributed by atoms with E-state index in [0.29, 0.717) is 17.2 Å². The number of methoxy groups -OCH3 is 2. The lowest BCUT2D eigenvalue weighted by atomic mass is 9.80. The van der Waals surface area contributed by atoms with Crippen LogP contribution in [0.15, 0.2) is 120 Å². The number of aliphatic hydroxyl groups is 1. The Balaban J connectivity index is 1.15. The Kier molecular flexibility index (Phi) is 9.98. The molecule has 4 aromatic carbocycles. The van der Waals surface area contributed by atoms with E-state index < -0.39 is 35.5 Å². The van der Waals surface area contributed by atoms with Crippen molar-refractivity contribution in [1.82, 2.24) is 19.5 Å². The number of aliphatic hydroxyl groups excluding tert-OH is 1. The Morgan fingerprint density at radius 1 is 0.885 bits per heavy atom. The van der Waals surface area contributed by atoms with Crippen molar-refractivity contribution in [2.45, 2.75) is 30.5 Å². The Hall–Kier alpha value is -6.02. The van der Waals surface area contributed by atoms with Crippen LogP contribution in [0.2, 0.25) is 0 Å². The predicted molar refractivity (Wildman–Crippen MR) is 192 cm³/mol. The minimum absolute atomic E-state index is 0.00597. The highest BCUT2D eigenvalue weighted by Crippen LogP contribution is 2.43. The summed E-state index contributed by atoms with van der Waals surface area (Å²) in [6.45, 7) is -0.295. The number of carbonyl (C=O) groups excluding carboxylic acids is 1. The molecule has 3 heterocycles. The SMILES string of the molecule is COc1ccc(C(OC[C@H]2O[C@@H](n3cnc4c(=O)[nH]c(NC(=O)COc5ccccc5)nc43)C[C@H]2O)(c2ccccc2)c2ccc(OC)cc2)cc1. The first kappa shape index (κ1) is 34.4. The van der Waals surface area contributed by atoms with E-state index in [0.717, 1.165) is 16.7 Å². The van der Waals surface area contributed by atoms with E-state index in [1.807, 2.05) is 84.9 Å². The fourth-order valence-electron chi connectivity index (χ4n) is 6.35. The highest BCUT2D eigenvalue weighted by Gasteiger charge is 2.42. The van der Waals surface area contributed by atoms with E-state index in [-0.39, 0.29) is 36.7 Å². The lowest BCUT2D eigenvalue weighted by molar-refractivity contribution is -0.118. The van der Waals surface area contributed by atoms with E-state index in [1.165, 1.54) is 6.33 Å². The Bertz CT molecular complexity index is 2130. The molecule has 0 spiro atoms. The number of ether oxygens (including phenoxy) is 5. The molecule has 6 aromatic rings. The molecule has 266 valence electrons. The zero-order valence-electron chi connectivity index (χ0n) is 28.5. The number of nitrogens with zero attached hydrogens (tertiary/aromatic N) is 3. The molecule has 0 radical (unpaired) electrons. The van der Waals surface area contributed by atoms with Gasteiger partial charge in [-0.3, -0.25) is 24.5 Å². The van der Waals surface area contributed by atoms with Crippen molar-refractivity contribution in [3.8, 4) is 17.2 Å². The first-order valence-electron chi connectivity index (χ1n) is 16.6. The minimum Gasteiger partial charge on any atom is -0.497 e. The smallest absolute Gasteiger partial charge is 0.280 e. The van der Waals surface area contributed by atoms with Crippen LogP contribution in [-0.2, 0) is 19.9 Å². The molecule has 1 aliphatic heterocycles. The summed E-state index contributed by atoms with van der Waals surface area (Å²) in [4.78, 5) is 36.8. The van der Waals surface area contributed by atoms with Gasteiger partial charge in [0.15, 0.2) is 17.8 Å². The predicted octanol–water partition coefficient (Wildman–Crippen LogP) is 4.81. The monoisotopic (exact) mass is 703 g/mol. The number of aromatic nitrogens is 4. The van der Waals surface area contributed by atoms with Gasteiger partial charge in [0.1, 0.15) is 35.2 Å². The van der Waals surface area contributed by atoms with Gasteiger partial charge in [0, 0.05) is 6.42 Å². The summed E-state index contributed by atoms with van der Waals surface area (Å²) >= 11 is 0. The second-order valence-electron chi connectivity index (χ2n) is 12.1. The molecule has 3 N–H and O–H groups in total. The molecule has 7 rings (SSSR count). The standard InChI is InChI=1S/C39H37N5O8/c1-48-28-17-13-26(14-18-28)39(25-9-5-3-6-10-25,27-15-19-29(49-2)20-16-27)51-22-32-31(45)21-34(52-32)44-24-40-35-36(44)42-38(43-37(35)47)41-33(46)23-50-30-11-7-4-8-12-30/h3-20,24,31-32,34,45H,21-23H2,1-2H3,(H2,41,42,43,46,47)/t31-,32-,34-/m1/s1. The topological polar surface area (TPSA) is 159 Å². The van der Waals surface area contributed by atoms with Gasteiger partial charge < -0.3 is 28.8 Å². The van der Waals surface area contributed by atoms with Crippen LogP contribution in [0.5, 0.6) is 17.2 Å². The number of rotatable bonds is 13. The second kappa shape index (κ2) is 15.1. The third kappa shape index (κ3) is 6.97. The van der Waals surface area contributed by atoms with E-state index in [2.05, 4.69) is 20.3 Å². The maximum Gasteiger partial charge on any atom is 0.280 e. The molecule has 1 amide bonds. The zero-order chi connectivity index (χ0) is 36.1. The largest absolute Gasteiger partial charge is 0.497 e. The number of para-hydroxylation sites is 1. The normalized spacial score (nSPS) is 17.2. The van der Waals surface area contributed by atoms with Crippen LogP contribution in [0.4, 0.5) is 5.95 Å². The van der Waals surface area contributed by atoms with Crippen molar-refractivity contribution in [3.05, 3.63) is 143 Å². The average Bonchev–Trinajstić information content (AvgIpc) is 3.78. The van der Waals surface area contributed by atoms with Crippen LogP contribution in [0.1, 0.15) is 29.3 Å². The quantitative estimate of drug-likeness (QED) is 0.143. The van der Waals surface area contributed by atoms with Crippen molar-refractivity contribution < 1.29 is 33.6 Å². The van der Waals surface area contributed by atoms with E-state index in [9.17, 15) is 14.7 Å². The maximum atomic E-state index is 12.9. The van der Waals surface area contributed by atoms with Gasteiger partial charge in [-0.15, -0.1) is 0 Å². The average molecular weight is 704 g/mol. The second-order valence-corrected chi connectivity index (χ2v) is 12.1. The number of carbonyl (C=O) groups is 1. The molecule has 0 saturated carbocycles. The van der Waals surface area contributed by atoms with E-state index >= 15 is 0 Å². The summed E-state index contributed by atoms with van der Waals surface area (Å²) in [6, 6.07) is 34.0. The van der Waals surface area contributed by atoms with Crippen LogP contribution in [0.3, 0.4) is 0 Å². The lowest BCUT2D eigenvalue weighted by Crippen LogP contribution is -2.38. The highest BCUT2D eigenvalue weighted by atomic mass is 16.6. The summed E-state index contributed by atoms with van der Waals surface area (Å²) in [5.41, 5.74) is 1.10. The number of fused-ring (bicyclic) bond motifs is 1. The molecule has 1 saturated heterocycles. The van der Waals surface area contributed by atoms with Gasteiger partial charge in [-0.1, -0.05) is 72.8 Å². The molecular formula is C39H37N5O8. The molecule has 1 fully saturated rings. The fraction of sp³-hybridized carbons (Fsp3) is 0.231. The van der Waals surface area contributed by atoms with Gasteiger partial charge in [0.25, 0.3) is 11.5 Å². The molecule has 0 bridgehead atoms. The van der Waals surface area contributed by atoms with Gasteiger partial charge >= 0.3 is 0 Å². The number of H-pyrrole nitrogens is 1. The van der Waals surface area contributed by atoms with Crippen molar-refractivity contribution in [2.24, 2.45) is 0 Å². The third-order valence-electron chi connectivity index (χ3n) is 8.96. The summed E-state index contributed by atoms with van der Waals surface area (Å²) in [7, 11) is 3.23. The van der Waals surface area contributed by atoms with Crippen molar-refractivity contribution in [3.63, 3.8) is 0 Å². The van der Waals surface area contributed by atoms with Gasteiger partial charge in [-0.2, -0.15) is 4.98 Å². The Morgan fingerprint density at radius 2 is 1.48 bits per heavy atom. The summed E-state index contributed by atoms with van der Waals surface area (Å²) in [6.07, 6.45) is -0.830. The lowest BCUT2D eigenvalue weighted by Gasteiger charge is -2.37. The first-order chi connectivity index (χ1) is 25.4. The summed E-state index contributed by atoms with van der Waals surface area (Å²) < 4.78 is 31.3. The minimum atomic E-state index is -1.12. The zero-order valence-corrected chi connectivity index (χ0v) is 28.5. The van der Waals surface area contributed by atoms with Crippen LogP contribution >= 0.6 is 0 Å². The number of anilines is 1. The maximum absolute atomic E-state index is 12.9. The van der Waals surface area contributed by atoms with Crippen LogP contribution < -0.4 is 25.1 Å². The Morgan fingerprint density at radius 3 is 2.10 bits per heavy atom. The molecule has 13 heteroatoms.